The van der Waals surface area contributed by atoms with Gasteiger partial charge in [-0.2, -0.15) is 0 Å². The van der Waals surface area contributed by atoms with E-state index in [-0.39, 0.29) is 18.4 Å². The number of carboxylic acid groups (broad SMARTS) is 1. The molecule has 6 nitrogen and oxygen atoms in total. The van der Waals surface area contributed by atoms with E-state index in [2.05, 4.69) is 9.97 Å². The van der Waals surface area contributed by atoms with Crippen LogP contribution in [0.25, 0.3) is 0 Å². The second-order valence-corrected chi connectivity index (χ2v) is 1.70. The van der Waals surface area contributed by atoms with E-state index in [9.17, 15) is 9.59 Å². The SMILES string of the molecule is Cl.O=C(O)C(=O)Nc1ncc[nH]1. The van der Waals surface area contributed by atoms with Gasteiger partial charge in [-0.15, -0.1) is 12.4 Å². The van der Waals surface area contributed by atoms with Crippen molar-refractivity contribution < 1.29 is 14.7 Å². The summed E-state index contributed by atoms with van der Waals surface area (Å²) >= 11 is 0. The molecule has 0 radical (unpaired) electrons. The first-order valence-electron chi connectivity index (χ1n) is 2.74. The highest BCUT2D eigenvalue weighted by Gasteiger charge is 2.11. The van der Waals surface area contributed by atoms with Crippen molar-refractivity contribution in [3.63, 3.8) is 0 Å². The third-order valence-electron chi connectivity index (χ3n) is 0.924. The lowest BCUT2D eigenvalue weighted by molar-refractivity contribution is -0.147. The number of aromatic amines is 1. The molecule has 1 aromatic rings. The van der Waals surface area contributed by atoms with Crippen molar-refractivity contribution in [2.24, 2.45) is 0 Å². The molecule has 1 heterocycles. The molecular weight excluding hydrogens is 186 g/mol. The first kappa shape index (κ1) is 10.4. The van der Waals surface area contributed by atoms with Crippen LogP contribution in [0.15, 0.2) is 12.4 Å². The number of aromatic nitrogens is 2. The molecule has 0 aromatic carbocycles. The topological polar surface area (TPSA) is 95.1 Å². The fourth-order valence-electron chi connectivity index (χ4n) is 0.495. The first-order valence-corrected chi connectivity index (χ1v) is 2.74. The summed E-state index contributed by atoms with van der Waals surface area (Å²) < 4.78 is 0. The molecule has 0 saturated carbocycles. The standard InChI is InChI=1S/C5H5N3O3.ClH/c9-3(4(10)11)8-5-6-1-2-7-5;/h1-2H,(H,10,11)(H2,6,7,8,9);1H. The number of halogens is 1. The van der Waals surface area contributed by atoms with Gasteiger partial charge in [0.15, 0.2) is 0 Å². The maximum absolute atomic E-state index is 10.4. The zero-order valence-electron chi connectivity index (χ0n) is 5.77. The molecule has 0 aliphatic carbocycles. The smallest absolute Gasteiger partial charge is 0.394 e. The van der Waals surface area contributed by atoms with Crippen molar-refractivity contribution in [2.75, 3.05) is 5.32 Å². The molecule has 1 aromatic heterocycles. The number of H-pyrrole nitrogens is 1. The van der Waals surface area contributed by atoms with Crippen molar-refractivity contribution in [1.29, 1.82) is 0 Å². The van der Waals surface area contributed by atoms with Crippen molar-refractivity contribution in [2.45, 2.75) is 0 Å². The number of carbonyl (C=O) groups excluding carboxylic acids is 1. The van der Waals surface area contributed by atoms with E-state index in [4.69, 9.17) is 5.11 Å². The maximum atomic E-state index is 10.4. The lowest BCUT2D eigenvalue weighted by atomic mass is 10.6. The molecule has 7 heteroatoms. The van der Waals surface area contributed by atoms with E-state index in [1.165, 1.54) is 12.4 Å². The van der Waals surface area contributed by atoms with Crippen LogP contribution in [0.5, 0.6) is 0 Å². The van der Waals surface area contributed by atoms with Gasteiger partial charge in [-0.05, 0) is 0 Å². The minimum atomic E-state index is -1.54. The van der Waals surface area contributed by atoms with Gasteiger partial charge < -0.3 is 10.1 Å². The molecule has 0 spiro atoms. The second kappa shape index (κ2) is 4.35. The van der Waals surface area contributed by atoms with E-state index >= 15 is 0 Å². The highest BCUT2D eigenvalue weighted by Crippen LogP contribution is 1.93. The Morgan fingerprint density at radius 2 is 2.25 bits per heavy atom. The Morgan fingerprint density at radius 1 is 1.58 bits per heavy atom. The average molecular weight is 192 g/mol. The molecule has 66 valence electrons. The average Bonchev–Trinajstić information content (AvgIpc) is 2.39. The summed E-state index contributed by atoms with van der Waals surface area (Å²) in [5, 5.41) is 10.1. The van der Waals surface area contributed by atoms with Gasteiger partial charge in [0.25, 0.3) is 0 Å². The summed E-state index contributed by atoms with van der Waals surface area (Å²) in [6, 6.07) is 0. The molecule has 1 amide bonds. The molecule has 0 saturated heterocycles. The number of anilines is 1. The van der Waals surface area contributed by atoms with E-state index in [0.717, 1.165) is 0 Å². The van der Waals surface area contributed by atoms with Crippen molar-refractivity contribution in [3.05, 3.63) is 12.4 Å². The summed E-state index contributed by atoms with van der Waals surface area (Å²) in [5.41, 5.74) is 0. The predicted octanol–water partition coefficient (Wildman–Crippen LogP) is -0.145. The highest BCUT2D eigenvalue weighted by atomic mass is 35.5. The fraction of sp³-hybridized carbons (Fsp3) is 0. The van der Waals surface area contributed by atoms with Crippen molar-refractivity contribution >= 4 is 30.2 Å². The number of rotatable bonds is 1. The number of nitrogens with one attached hydrogen (secondary N) is 2. The van der Waals surface area contributed by atoms with Gasteiger partial charge in [0.2, 0.25) is 5.95 Å². The number of nitrogens with zero attached hydrogens (tertiary/aromatic N) is 1. The van der Waals surface area contributed by atoms with Gasteiger partial charge in [0, 0.05) is 12.4 Å². The fourth-order valence-corrected chi connectivity index (χ4v) is 0.495. The van der Waals surface area contributed by atoms with Gasteiger partial charge >= 0.3 is 11.9 Å². The lowest BCUT2D eigenvalue weighted by Crippen LogP contribution is -2.22. The monoisotopic (exact) mass is 191 g/mol. The summed E-state index contributed by atoms with van der Waals surface area (Å²) in [7, 11) is 0. The number of aliphatic carboxylic acids is 1. The number of imidazole rings is 1. The van der Waals surface area contributed by atoms with Crippen LogP contribution in [-0.2, 0) is 9.59 Å². The van der Waals surface area contributed by atoms with Crippen molar-refractivity contribution in [1.82, 2.24) is 9.97 Å². The Labute approximate surface area is 73.4 Å². The predicted molar refractivity (Wildman–Crippen MR) is 42.1 cm³/mol. The first-order chi connectivity index (χ1) is 5.20. The van der Waals surface area contributed by atoms with Gasteiger partial charge in [0.1, 0.15) is 0 Å². The van der Waals surface area contributed by atoms with Crippen LogP contribution in [0.1, 0.15) is 0 Å². The van der Waals surface area contributed by atoms with Crippen molar-refractivity contribution in [3.8, 4) is 0 Å². The third-order valence-corrected chi connectivity index (χ3v) is 0.924. The molecule has 0 unspecified atom stereocenters. The molecule has 0 bridgehead atoms. The Kier molecular flexibility index (Phi) is 3.78. The second-order valence-electron chi connectivity index (χ2n) is 1.70. The third kappa shape index (κ3) is 2.59. The molecule has 0 atom stereocenters. The van der Waals surface area contributed by atoms with Crippen LogP contribution in [0.2, 0.25) is 0 Å². The van der Waals surface area contributed by atoms with E-state index in [1.807, 2.05) is 5.32 Å². The summed E-state index contributed by atoms with van der Waals surface area (Å²) in [5.74, 6) is -2.53. The Balaban J connectivity index is 0.00000121. The Hall–Kier alpha value is -1.56. The lowest BCUT2D eigenvalue weighted by Gasteiger charge is -1.93. The minimum Gasteiger partial charge on any atom is -0.474 e. The number of hydrogen-bond acceptors (Lipinski definition) is 3. The molecule has 0 aliphatic heterocycles. The molecule has 0 fully saturated rings. The van der Waals surface area contributed by atoms with Crippen LogP contribution >= 0.6 is 12.4 Å². The molecule has 1 rings (SSSR count). The normalized spacial score (nSPS) is 8.33. The summed E-state index contributed by atoms with van der Waals surface area (Å²) in [4.78, 5) is 26.5. The molecule has 0 aliphatic rings. The minimum absolute atomic E-state index is 0. The zero-order valence-corrected chi connectivity index (χ0v) is 6.59. The highest BCUT2D eigenvalue weighted by molar-refractivity contribution is 6.36. The number of carboxylic acids is 1. The molecule has 3 N–H and O–H groups in total. The number of hydrogen-bond donors (Lipinski definition) is 3. The van der Waals surface area contributed by atoms with E-state index < -0.39 is 11.9 Å². The van der Waals surface area contributed by atoms with Crippen LogP contribution in [0, 0.1) is 0 Å². The van der Waals surface area contributed by atoms with Gasteiger partial charge in [-0.3, -0.25) is 10.1 Å². The maximum Gasteiger partial charge on any atom is 0.394 e. The van der Waals surface area contributed by atoms with E-state index in [0.29, 0.717) is 0 Å². The Morgan fingerprint density at radius 3 is 2.67 bits per heavy atom. The summed E-state index contributed by atoms with van der Waals surface area (Å²) in [6.07, 6.45) is 2.87. The molecule has 12 heavy (non-hydrogen) atoms. The van der Waals surface area contributed by atoms with Gasteiger partial charge in [-0.1, -0.05) is 0 Å². The van der Waals surface area contributed by atoms with Crippen LogP contribution in [0.3, 0.4) is 0 Å². The van der Waals surface area contributed by atoms with Crippen LogP contribution in [0.4, 0.5) is 5.95 Å². The van der Waals surface area contributed by atoms with Crippen LogP contribution in [-0.4, -0.2) is 27.0 Å². The Bertz CT molecular complexity index is 271. The van der Waals surface area contributed by atoms with Gasteiger partial charge in [0.05, 0.1) is 0 Å². The van der Waals surface area contributed by atoms with Gasteiger partial charge in [-0.25, -0.2) is 9.78 Å². The van der Waals surface area contributed by atoms with Crippen LogP contribution < -0.4 is 5.32 Å². The zero-order chi connectivity index (χ0) is 8.27. The quantitative estimate of drug-likeness (QED) is 0.538. The number of carbonyl (C=O) groups is 2. The number of amides is 1. The summed E-state index contributed by atoms with van der Waals surface area (Å²) in [6.45, 7) is 0. The largest absolute Gasteiger partial charge is 0.474 e. The van der Waals surface area contributed by atoms with E-state index in [1.54, 1.807) is 0 Å². The molecular formula is C5H6ClN3O3.